The van der Waals surface area contributed by atoms with Gasteiger partial charge in [0.2, 0.25) is 10.0 Å². The smallest absolute Gasteiger partial charge is 0.289 e. The van der Waals surface area contributed by atoms with Gasteiger partial charge in [0.25, 0.3) is 5.69 Å². The Balaban J connectivity index is 2.12. The number of nitrogens with zero attached hydrogens (tertiary/aromatic N) is 3. The van der Waals surface area contributed by atoms with E-state index in [-0.39, 0.29) is 16.8 Å². The Morgan fingerprint density at radius 2 is 2.30 bits per heavy atom. The maximum absolute atomic E-state index is 11.2. The van der Waals surface area contributed by atoms with Crippen LogP contribution in [0.25, 0.3) is 0 Å². The van der Waals surface area contributed by atoms with Crippen LogP contribution in [0.15, 0.2) is 12.3 Å². The highest BCUT2D eigenvalue weighted by Gasteiger charge is 2.27. The van der Waals surface area contributed by atoms with Crippen molar-refractivity contribution in [2.75, 3.05) is 24.2 Å². The van der Waals surface area contributed by atoms with Crippen molar-refractivity contribution in [1.29, 1.82) is 0 Å². The molecule has 1 aliphatic heterocycles. The molecule has 1 saturated heterocycles. The van der Waals surface area contributed by atoms with Gasteiger partial charge in [0.1, 0.15) is 12.0 Å². The van der Waals surface area contributed by atoms with Crippen molar-refractivity contribution in [1.82, 2.24) is 9.71 Å². The van der Waals surface area contributed by atoms with Gasteiger partial charge >= 0.3 is 0 Å². The van der Waals surface area contributed by atoms with E-state index in [1.54, 1.807) is 4.90 Å². The number of anilines is 1. The molecule has 1 aromatic heterocycles. The molecule has 110 valence electrons. The molecule has 1 unspecified atom stereocenters. The summed E-state index contributed by atoms with van der Waals surface area (Å²) in [5.41, 5.74) is -0.177. The monoisotopic (exact) mass is 320 g/mol. The van der Waals surface area contributed by atoms with E-state index in [0.717, 1.165) is 12.5 Å². The summed E-state index contributed by atoms with van der Waals surface area (Å²) in [6.45, 7) is 1.01. The van der Waals surface area contributed by atoms with Gasteiger partial charge in [0.05, 0.1) is 16.2 Å². The van der Waals surface area contributed by atoms with E-state index in [1.165, 1.54) is 6.07 Å². The van der Waals surface area contributed by atoms with Gasteiger partial charge in [-0.1, -0.05) is 11.6 Å². The van der Waals surface area contributed by atoms with Crippen LogP contribution in [0.1, 0.15) is 6.42 Å². The van der Waals surface area contributed by atoms with Crippen molar-refractivity contribution in [2.24, 2.45) is 0 Å². The van der Waals surface area contributed by atoms with E-state index in [1.807, 2.05) is 0 Å². The molecule has 2 rings (SSSR count). The second kappa shape index (κ2) is 5.51. The molecule has 0 radical (unpaired) electrons. The van der Waals surface area contributed by atoms with Gasteiger partial charge in [0.15, 0.2) is 0 Å². The Kier molecular flexibility index (Phi) is 4.11. The maximum Gasteiger partial charge on any atom is 0.289 e. The van der Waals surface area contributed by atoms with E-state index < -0.39 is 14.9 Å². The van der Waals surface area contributed by atoms with Crippen molar-refractivity contribution < 1.29 is 13.3 Å². The molecule has 0 bridgehead atoms. The molecule has 2 heterocycles. The third-order valence-corrected chi connectivity index (χ3v) is 3.93. The van der Waals surface area contributed by atoms with Crippen molar-refractivity contribution >= 4 is 33.1 Å². The van der Waals surface area contributed by atoms with Crippen LogP contribution in [0.3, 0.4) is 0 Å². The van der Waals surface area contributed by atoms with Gasteiger partial charge in [-0.15, -0.1) is 0 Å². The lowest BCUT2D eigenvalue weighted by Crippen LogP contribution is -2.36. The lowest BCUT2D eigenvalue weighted by Gasteiger charge is -2.18. The molecule has 1 atom stereocenters. The summed E-state index contributed by atoms with van der Waals surface area (Å²) in [7, 11) is -3.26. The molecule has 0 aliphatic carbocycles. The van der Waals surface area contributed by atoms with Gasteiger partial charge in [0, 0.05) is 25.2 Å². The van der Waals surface area contributed by atoms with Gasteiger partial charge in [-0.05, 0) is 6.42 Å². The normalized spacial score (nSPS) is 19.3. The van der Waals surface area contributed by atoms with E-state index in [2.05, 4.69) is 9.71 Å². The number of aromatic nitrogens is 1. The Morgan fingerprint density at radius 3 is 2.85 bits per heavy atom. The van der Waals surface area contributed by atoms with Crippen molar-refractivity contribution in [3.63, 3.8) is 0 Å². The number of nitro groups is 1. The molecular formula is C10H13ClN4O4S. The predicted octanol–water partition coefficient (Wildman–Crippen LogP) is 0.771. The molecule has 8 nitrogen and oxygen atoms in total. The fraction of sp³-hybridized carbons (Fsp3) is 0.500. The molecule has 1 N–H and O–H groups in total. The van der Waals surface area contributed by atoms with Crippen molar-refractivity contribution in [3.05, 3.63) is 27.4 Å². The van der Waals surface area contributed by atoms with E-state index in [0.29, 0.717) is 25.3 Å². The fourth-order valence-corrected chi connectivity index (χ4v) is 3.18. The largest absolute Gasteiger partial charge is 0.354 e. The minimum atomic E-state index is -3.26. The highest BCUT2D eigenvalue weighted by Crippen LogP contribution is 2.29. The van der Waals surface area contributed by atoms with Gasteiger partial charge < -0.3 is 4.90 Å². The Hall–Kier alpha value is -1.45. The number of nitrogens with one attached hydrogen (secondary N) is 1. The standard InChI is InChI=1S/C10H13ClN4O4S/c1-20(18,19)13-7-2-3-14(6-7)10-9(11)4-8(5-12-10)15(16)17/h4-5,7,13H,2-3,6H2,1H3. The third-order valence-electron chi connectivity index (χ3n) is 2.89. The van der Waals surface area contributed by atoms with Crippen LogP contribution in [-0.2, 0) is 10.0 Å². The van der Waals surface area contributed by atoms with Crippen LogP contribution in [0.5, 0.6) is 0 Å². The van der Waals surface area contributed by atoms with Crippen LogP contribution in [-0.4, -0.2) is 43.7 Å². The second-order valence-electron chi connectivity index (χ2n) is 4.58. The average Bonchev–Trinajstić information content (AvgIpc) is 2.74. The SMILES string of the molecule is CS(=O)(=O)NC1CCN(c2ncc([N+](=O)[O-])cc2Cl)C1. The minimum Gasteiger partial charge on any atom is -0.354 e. The number of halogens is 1. The van der Waals surface area contributed by atoms with Gasteiger partial charge in [-0.3, -0.25) is 10.1 Å². The Bertz CT molecular complexity index is 636. The summed E-state index contributed by atoms with van der Waals surface area (Å²) in [6, 6.07) is 1.03. The van der Waals surface area contributed by atoms with Crippen LogP contribution in [0.2, 0.25) is 5.02 Å². The zero-order chi connectivity index (χ0) is 14.9. The molecule has 0 aromatic carbocycles. The zero-order valence-electron chi connectivity index (χ0n) is 10.6. The lowest BCUT2D eigenvalue weighted by atomic mass is 10.3. The third kappa shape index (κ3) is 3.56. The van der Waals surface area contributed by atoms with Crippen molar-refractivity contribution in [3.8, 4) is 0 Å². The first-order valence-corrected chi connectivity index (χ1v) is 8.05. The zero-order valence-corrected chi connectivity index (χ0v) is 12.2. The molecule has 10 heteroatoms. The molecule has 1 fully saturated rings. The molecule has 20 heavy (non-hydrogen) atoms. The first kappa shape index (κ1) is 14.9. The summed E-state index contributed by atoms with van der Waals surface area (Å²) < 4.78 is 24.9. The Morgan fingerprint density at radius 1 is 1.60 bits per heavy atom. The van der Waals surface area contributed by atoms with E-state index in [4.69, 9.17) is 11.6 Å². The second-order valence-corrected chi connectivity index (χ2v) is 6.76. The average molecular weight is 321 g/mol. The van der Waals surface area contributed by atoms with Crippen LogP contribution in [0, 0.1) is 10.1 Å². The number of pyridine rings is 1. The summed E-state index contributed by atoms with van der Waals surface area (Å²) >= 11 is 5.99. The topological polar surface area (TPSA) is 105 Å². The Labute approximate surface area is 120 Å². The quantitative estimate of drug-likeness (QED) is 0.649. The molecule has 0 spiro atoms. The summed E-state index contributed by atoms with van der Waals surface area (Å²) in [5.74, 6) is 0.426. The first-order valence-electron chi connectivity index (χ1n) is 5.78. The summed E-state index contributed by atoms with van der Waals surface area (Å²) in [4.78, 5) is 15.8. The highest BCUT2D eigenvalue weighted by molar-refractivity contribution is 7.88. The number of hydrogen-bond acceptors (Lipinski definition) is 6. The molecule has 1 aromatic rings. The molecule has 0 amide bonds. The maximum atomic E-state index is 11.2. The molecular weight excluding hydrogens is 308 g/mol. The molecule has 1 aliphatic rings. The first-order chi connectivity index (χ1) is 9.26. The highest BCUT2D eigenvalue weighted by atomic mass is 35.5. The molecule has 0 saturated carbocycles. The van der Waals surface area contributed by atoms with E-state index in [9.17, 15) is 18.5 Å². The minimum absolute atomic E-state index is 0.177. The van der Waals surface area contributed by atoms with E-state index >= 15 is 0 Å². The lowest BCUT2D eigenvalue weighted by molar-refractivity contribution is -0.385. The fourth-order valence-electron chi connectivity index (χ4n) is 2.10. The van der Waals surface area contributed by atoms with Crippen LogP contribution in [0.4, 0.5) is 11.5 Å². The summed E-state index contributed by atoms with van der Waals surface area (Å²) in [6.07, 6.45) is 2.87. The predicted molar refractivity (Wildman–Crippen MR) is 74.5 cm³/mol. The van der Waals surface area contributed by atoms with Crippen LogP contribution >= 0.6 is 11.6 Å². The number of sulfonamides is 1. The van der Waals surface area contributed by atoms with Crippen molar-refractivity contribution in [2.45, 2.75) is 12.5 Å². The number of rotatable bonds is 4. The van der Waals surface area contributed by atoms with Crippen LogP contribution < -0.4 is 9.62 Å². The summed E-state index contributed by atoms with van der Waals surface area (Å²) in [5, 5.41) is 10.8. The number of hydrogen-bond donors (Lipinski definition) is 1. The van der Waals surface area contributed by atoms with Gasteiger partial charge in [-0.25, -0.2) is 18.1 Å². The van der Waals surface area contributed by atoms with Gasteiger partial charge in [-0.2, -0.15) is 0 Å².